The van der Waals surface area contributed by atoms with E-state index in [9.17, 15) is 12.3 Å². The van der Waals surface area contributed by atoms with E-state index in [0.29, 0.717) is 6.54 Å². The fourth-order valence-electron chi connectivity index (χ4n) is 1.96. The van der Waals surface area contributed by atoms with Crippen LogP contribution in [-0.2, 0) is 23.8 Å². The maximum Gasteiger partial charge on any atom is 0.303 e. The largest absolute Gasteiger partial charge is 0.303 e. The van der Waals surface area contributed by atoms with E-state index in [4.69, 9.17) is 0 Å². The maximum atomic E-state index is 12.7. The molecular formula is C12H22FN3O2S. The van der Waals surface area contributed by atoms with Gasteiger partial charge in [0.1, 0.15) is 0 Å². The van der Waals surface area contributed by atoms with Crippen LogP contribution < -0.4 is 0 Å². The first-order valence-electron chi connectivity index (χ1n) is 6.39. The molecule has 0 N–H and O–H groups in total. The molecule has 0 saturated carbocycles. The van der Waals surface area contributed by atoms with E-state index >= 15 is 0 Å². The average molecular weight is 291 g/mol. The number of hydrogen-bond donors (Lipinski definition) is 0. The Hall–Kier alpha value is -0.950. The first-order chi connectivity index (χ1) is 8.73. The van der Waals surface area contributed by atoms with E-state index in [1.165, 1.54) is 0 Å². The molecule has 5 nitrogen and oxygen atoms in total. The van der Waals surface area contributed by atoms with E-state index < -0.39 is 16.0 Å². The lowest BCUT2D eigenvalue weighted by atomic mass is 10.2. The number of aryl methyl sites for hydroxylation is 2. The van der Waals surface area contributed by atoms with E-state index in [2.05, 4.69) is 5.10 Å². The van der Waals surface area contributed by atoms with Gasteiger partial charge in [-0.05, 0) is 26.3 Å². The van der Waals surface area contributed by atoms with Gasteiger partial charge in [0.25, 0.3) is 0 Å². The molecule has 1 unspecified atom stereocenters. The zero-order chi connectivity index (χ0) is 14.6. The molecule has 0 saturated heterocycles. The normalized spacial score (nSPS) is 14.0. The van der Waals surface area contributed by atoms with Crippen molar-refractivity contribution < 1.29 is 12.3 Å². The van der Waals surface area contributed by atoms with Crippen molar-refractivity contribution >= 4 is 10.2 Å². The molecule has 0 spiro atoms. The molecule has 1 heterocycles. The van der Waals surface area contributed by atoms with Gasteiger partial charge in [-0.15, -0.1) is 3.89 Å². The Balaban J connectivity index is 2.77. The van der Waals surface area contributed by atoms with Crippen LogP contribution in [0, 0.1) is 6.92 Å². The van der Waals surface area contributed by atoms with E-state index in [1.54, 1.807) is 4.68 Å². The lowest BCUT2D eigenvalue weighted by Gasteiger charge is -2.27. The Labute approximate surface area is 114 Å². The number of nitrogens with zero attached hydrogens (tertiary/aromatic N) is 3. The average Bonchev–Trinajstić information content (AvgIpc) is 2.60. The molecule has 0 radical (unpaired) electrons. The summed E-state index contributed by atoms with van der Waals surface area (Å²) < 4.78 is 35.8. The molecular weight excluding hydrogens is 269 g/mol. The topological polar surface area (TPSA) is 55.2 Å². The minimum absolute atomic E-state index is 0.192. The second kappa shape index (κ2) is 6.47. The minimum Gasteiger partial charge on any atom is -0.294 e. The highest BCUT2D eigenvalue weighted by Gasteiger charge is 2.18. The Morgan fingerprint density at radius 3 is 2.58 bits per heavy atom. The molecule has 0 amide bonds. The number of halogens is 1. The zero-order valence-corrected chi connectivity index (χ0v) is 12.7. The van der Waals surface area contributed by atoms with Gasteiger partial charge in [0, 0.05) is 26.2 Å². The highest BCUT2D eigenvalue weighted by molar-refractivity contribution is 7.86. The number of rotatable bonds is 7. The van der Waals surface area contributed by atoms with Gasteiger partial charge in [-0.2, -0.15) is 13.5 Å². The second-order valence-corrected chi connectivity index (χ2v) is 6.36. The highest BCUT2D eigenvalue weighted by atomic mass is 32.3. The Morgan fingerprint density at radius 1 is 1.53 bits per heavy atom. The fourth-order valence-corrected chi connectivity index (χ4v) is 2.41. The Bertz CT molecular complexity index is 513. The molecule has 1 rings (SSSR count). The summed E-state index contributed by atoms with van der Waals surface area (Å²) in [6.07, 6.45) is 0.878. The molecule has 110 valence electrons. The van der Waals surface area contributed by atoms with Crippen molar-refractivity contribution in [3.8, 4) is 0 Å². The van der Waals surface area contributed by atoms with Gasteiger partial charge in [0.15, 0.2) is 0 Å². The van der Waals surface area contributed by atoms with Gasteiger partial charge < -0.3 is 0 Å². The summed E-state index contributed by atoms with van der Waals surface area (Å²) in [4.78, 5) is 1.97. The zero-order valence-electron chi connectivity index (χ0n) is 11.9. The van der Waals surface area contributed by atoms with Crippen molar-refractivity contribution in [2.45, 2.75) is 39.8 Å². The monoisotopic (exact) mass is 291 g/mol. The lowest BCUT2D eigenvalue weighted by Crippen LogP contribution is -2.36. The van der Waals surface area contributed by atoms with Crippen LogP contribution in [0.4, 0.5) is 3.89 Å². The van der Waals surface area contributed by atoms with Crippen molar-refractivity contribution in [1.82, 2.24) is 14.7 Å². The predicted molar refractivity (Wildman–Crippen MR) is 73.0 cm³/mol. The molecule has 0 fully saturated rings. The summed E-state index contributed by atoms with van der Waals surface area (Å²) in [7, 11) is -2.57. The van der Waals surface area contributed by atoms with Gasteiger partial charge in [0.05, 0.1) is 17.1 Å². The third-order valence-corrected chi connectivity index (χ3v) is 3.97. The van der Waals surface area contributed by atoms with E-state index in [0.717, 1.165) is 17.8 Å². The molecule has 7 heteroatoms. The summed E-state index contributed by atoms with van der Waals surface area (Å²) in [6.45, 7) is 6.70. The van der Waals surface area contributed by atoms with Gasteiger partial charge in [0.2, 0.25) is 0 Å². The highest BCUT2D eigenvalue weighted by Crippen LogP contribution is 2.12. The second-order valence-electron chi connectivity index (χ2n) is 4.87. The van der Waals surface area contributed by atoms with Crippen molar-refractivity contribution in [3.63, 3.8) is 0 Å². The van der Waals surface area contributed by atoms with Gasteiger partial charge in [-0.3, -0.25) is 9.58 Å². The van der Waals surface area contributed by atoms with Gasteiger partial charge >= 0.3 is 10.2 Å². The lowest BCUT2D eigenvalue weighted by molar-refractivity contribution is 0.201. The number of aromatic nitrogens is 2. The maximum absolute atomic E-state index is 12.7. The van der Waals surface area contributed by atoms with Crippen LogP contribution in [0.15, 0.2) is 6.07 Å². The van der Waals surface area contributed by atoms with Crippen LogP contribution in [0.2, 0.25) is 0 Å². The molecule has 0 aromatic carbocycles. The van der Waals surface area contributed by atoms with Gasteiger partial charge in [-0.1, -0.05) is 6.92 Å². The summed E-state index contributed by atoms with van der Waals surface area (Å²) >= 11 is 0. The Morgan fingerprint density at radius 2 is 2.16 bits per heavy atom. The molecule has 0 aliphatic carbocycles. The smallest absolute Gasteiger partial charge is 0.294 e. The van der Waals surface area contributed by atoms with E-state index in [1.807, 2.05) is 38.8 Å². The third kappa shape index (κ3) is 5.28. The molecule has 0 bridgehead atoms. The third-order valence-electron chi connectivity index (χ3n) is 3.30. The predicted octanol–water partition coefficient (Wildman–Crippen LogP) is 1.63. The first-order valence-corrected chi connectivity index (χ1v) is 7.94. The molecule has 19 heavy (non-hydrogen) atoms. The standard InChI is InChI=1S/C12H22FN3O2S/c1-5-11(3)16(6-7-19(13,17)18)9-12-8-10(2)14-15(12)4/h8,11H,5-7,9H2,1-4H3. The van der Waals surface area contributed by atoms with Crippen LogP contribution in [0.5, 0.6) is 0 Å². The quantitative estimate of drug-likeness (QED) is 0.717. The first kappa shape index (κ1) is 16.1. The summed E-state index contributed by atoms with van der Waals surface area (Å²) in [6, 6.07) is 2.15. The molecule has 0 aliphatic heterocycles. The van der Waals surface area contributed by atoms with Gasteiger partial charge in [-0.25, -0.2) is 0 Å². The van der Waals surface area contributed by atoms with Crippen LogP contribution in [0.3, 0.4) is 0 Å². The molecule has 1 aromatic heterocycles. The van der Waals surface area contributed by atoms with Crippen molar-refractivity contribution in [3.05, 3.63) is 17.5 Å². The van der Waals surface area contributed by atoms with Crippen LogP contribution in [0.25, 0.3) is 0 Å². The summed E-state index contributed by atoms with van der Waals surface area (Å²) in [5, 5.41) is 4.26. The summed E-state index contributed by atoms with van der Waals surface area (Å²) in [5.74, 6) is -0.464. The Kier molecular flexibility index (Phi) is 5.49. The van der Waals surface area contributed by atoms with Crippen LogP contribution >= 0.6 is 0 Å². The molecule has 1 atom stereocenters. The number of hydrogen-bond acceptors (Lipinski definition) is 4. The van der Waals surface area contributed by atoms with Crippen LogP contribution in [0.1, 0.15) is 31.7 Å². The van der Waals surface area contributed by atoms with Crippen molar-refractivity contribution in [2.24, 2.45) is 7.05 Å². The molecule has 0 aliphatic rings. The van der Waals surface area contributed by atoms with Crippen LogP contribution in [-0.4, -0.2) is 41.4 Å². The van der Waals surface area contributed by atoms with E-state index in [-0.39, 0.29) is 12.6 Å². The van der Waals surface area contributed by atoms with Crippen molar-refractivity contribution in [1.29, 1.82) is 0 Å². The fraction of sp³-hybridized carbons (Fsp3) is 0.750. The SMILES string of the molecule is CCC(C)N(CCS(=O)(=O)F)Cc1cc(C)nn1C. The van der Waals surface area contributed by atoms with Crippen molar-refractivity contribution in [2.75, 3.05) is 12.3 Å². The minimum atomic E-state index is -4.42. The summed E-state index contributed by atoms with van der Waals surface area (Å²) in [5.41, 5.74) is 1.91. The molecule has 1 aromatic rings.